The summed E-state index contributed by atoms with van der Waals surface area (Å²) in [6, 6.07) is 3.77. The van der Waals surface area contributed by atoms with Crippen molar-refractivity contribution >= 4 is 5.91 Å². The van der Waals surface area contributed by atoms with Gasteiger partial charge in [-0.2, -0.15) is 0 Å². The lowest BCUT2D eigenvalue weighted by atomic mass is 10.1. The largest absolute Gasteiger partial charge is 0.467 e. The highest BCUT2D eigenvalue weighted by molar-refractivity contribution is 5.78. The molecule has 1 aromatic rings. The Morgan fingerprint density at radius 1 is 1.62 bits per heavy atom. The highest BCUT2D eigenvalue weighted by atomic mass is 16.3. The van der Waals surface area contributed by atoms with Crippen molar-refractivity contribution < 1.29 is 9.21 Å². The second kappa shape index (κ2) is 5.16. The topological polar surface area (TPSA) is 45.5 Å². The Labute approximate surface area is 95.6 Å². The molecule has 1 unspecified atom stereocenters. The lowest BCUT2D eigenvalue weighted by molar-refractivity contribution is -0.136. The first-order valence-corrected chi connectivity index (χ1v) is 5.79. The molecule has 88 valence electrons. The van der Waals surface area contributed by atoms with Crippen molar-refractivity contribution in [3.63, 3.8) is 0 Å². The minimum absolute atomic E-state index is 0.0512. The third-order valence-electron chi connectivity index (χ3n) is 2.89. The third kappa shape index (κ3) is 2.64. The van der Waals surface area contributed by atoms with Crippen LogP contribution in [0.2, 0.25) is 0 Å². The van der Waals surface area contributed by atoms with Gasteiger partial charge < -0.3 is 14.6 Å². The zero-order valence-corrected chi connectivity index (χ0v) is 9.61. The van der Waals surface area contributed by atoms with Gasteiger partial charge in [0.05, 0.1) is 12.8 Å². The maximum Gasteiger partial charge on any atom is 0.227 e. The van der Waals surface area contributed by atoms with E-state index >= 15 is 0 Å². The summed E-state index contributed by atoms with van der Waals surface area (Å²) in [5, 5.41) is 3.28. The Kier molecular flexibility index (Phi) is 3.62. The molecule has 1 fully saturated rings. The number of rotatable bonds is 2. The summed E-state index contributed by atoms with van der Waals surface area (Å²) in [4.78, 5) is 14.0. The Morgan fingerprint density at radius 2 is 2.50 bits per heavy atom. The van der Waals surface area contributed by atoms with Crippen LogP contribution in [0.5, 0.6) is 0 Å². The van der Waals surface area contributed by atoms with Crippen molar-refractivity contribution in [3.05, 3.63) is 24.2 Å². The molecule has 16 heavy (non-hydrogen) atoms. The first-order valence-electron chi connectivity index (χ1n) is 5.79. The van der Waals surface area contributed by atoms with Gasteiger partial charge in [0.15, 0.2) is 0 Å². The summed E-state index contributed by atoms with van der Waals surface area (Å²) < 4.78 is 5.28. The Balaban J connectivity index is 2.01. The summed E-state index contributed by atoms with van der Waals surface area (Å²) in [6.45, 7) is 5.11. The van der Waals surface area contributed by atoms with Gasteiger partial charge in [0, 0.05) is 19.0 Å². The maximum absolute atomic E-state index is 12.1. The molecule has 0 spiro atoms. The number of nitrogens with one attached hydrogen (secondary N) is 1. The molecule has 1 amide bonds. The number of carbonyl (C=O) groups excluding carboxylic acids is 1. The molecule has 4 nitrogen and oxygen atoms in total. The summed E-state index contributed by atoms with van der Waals surface area (Å²) in [6.07, 6.45) is 2.65. The minimum Gasteiger partial charge on any atom is -0.467 e. The molecule has 1 atom stereocenters. The fourth-order valence-electron chi connectivity index (χ4n) is 1.97. The normalized spacial score (nSPS) is 22.9. The van der Waals surface area contributed by atoms with E-state index in [1.54, 1.807) is 6.26 Å². The summed E-state index contributed by atoms with van der Waals surface area (Å²) in [5.74, 6) is 1.12. The number of hydrogen-bond donors (Lipinski definition) is 1. The Hall–Kier alpha value is -1.29. The predicted molar refractivity (Wildman–Crippen MR) is 60.8 cm³/mol. The van der Waals surface area contributed by atoms with Crippen LogP contribution in [0.1, 0.15) is 19.1 Å². The number of furan rings is 1. The van der Waals surface area contributed by atoms with Crippen molar-refractivity contribution in [3.8, 4) is 0 Å². The lowest BCUT2D eigenvalue weighted by Gasteiger charge is -2.27. The monoisotopic (exact) mass is 222 g/mol. The summed E-state index contributed by atoms with van der Waals surface area (Å²) in [7, 11) is 0. The number of hydrogen-bond acceptors (Lipinski definition) is 3. The van der Waals surface area contributed by atoms with E-state index in [2.05, 4.69) is 5.32 Å². The van der Waals surface area contributed by atoms with Crippen molar-refractivity contribution in [1.82, 2.24) is 10.2 Å². The van der Waals surface area contributed by atoms with Gasteiger partial charge in [-0.3, -0.25) is 4.79 Å². The molecule has 1 aliphatic rings. The maximum atomic E-state index is 12.1. The SMILES string of the molecule is CC1CNCCCN(Cc2ccco2)C1=O. The quantitative estimate of drug-likeness (QED) is 0.818. The van der Waals surface area contributed by atoms with Gasteiger partial charge in [-0.1, -0.05) is 6.92 Å². The van der Waals surface area contributed by atoms with Gasteiger partial charge in [0.1, 0.15) is 5.76 Å². The first kappa shape index (κ1) is 11.2. The standard InChI is InChI=1S/C12H18N2O2/c1-10-8-13-5-3-6-14(12(10)15)9-11-4-2-7-16-11/h2,4,7,10,13H,3,5-6,8-9H2,1H3. The predicted octanol–water partition coefficient (Wildman–Crippen LogP) is 1.24. The van der Waals surface area contributed by atoms with E-state index in [1.807, 2.05) is 24.0 Å². The van der Waals surface area contributed by atoms with Crippen LogP contribution >= 0.6 is 0 Å². The molecule has 0 radical (unpaired) electrons. The summed E-state index contributed by atoms with van der Waals surface area (Å²) >= 11 is 0. The molecule has 0 aliphatic carbocycles. The summed E-state index contributed by atoms with van der Waals surface area (Å²) in [5.41, 5.74) is 0. The second-order valence-electron chi connectivity index (χ2n) is 4.30. The van der Waals surface area contributed by atoms with Gasteiger partial charge >= 0.3 is 0 Å². The van der Waals surface area contributed by atoms with E-state index in [-0.39, 0.29) is 11.8 Å². The molecule has 2 heterocycles. The minimum atomic E-state index is 0.0512. The van der Waals surface area contributed by atoms with Crippen molar-refractivity contribution in [2.45, 2.75) is 19.9 Å². The van der Waals surface area contributed by atoms with E-state index in [4.69, 9.17) is 4.42 Å². The molecule has 0 saturated carbocycles. The van der Waals surface area contributed by atoms with Crippen LogP contribution in [0, 0.1) is 5.92 Å². The van der Waals surface area contributed by atoms with Gasteiger partial charge in [-0.25, -0.2) is 0 Å². The van der Waals surface area contributed by atoms with Crippen LogP contribution in [-0.4, -0.2) is 30.4 Å². The van der Waals surface area contributed by atoms with Gasteiger partial charge in [-0.15, -0.1) is 0 Å². The molecule has 1 saturated heterocycles. The molecule has 2 rings (SSSR count). The fraction of sp³-hybridized carbons (Fsp3) is 0.583. The highest BCUT2D eigenvalue weighted by Crippen LogP contribution is 2.11. The lowest BCUT2D eigenvalue weighted by Crippen LogP contribution is -2.42. The van der Waals surface area contributed by atoms with E-state index in [1.165, 1.54) is 0 Å². The van der Waals surface area contributed by atoms with Crippen LogP contribution in [0.15, 0.2) is 22.8 Å². The van der Waals surface area contributed by atoms with Crippen LogP contribution < -0.4 is 5.32 Å². The average molecular weight is 222 g/mol. The highest BCUT2D eigenvalue weighted by Gasteiger charge is 2.22. The molecule has 0 bridgehead atoms. The van der Waals surface area contributed by atoms with E-state index < -0.39 is 0 Å². The third-order valence-corrected chi connectivity index (χ3v) is 2.89. The zero-order chi connectivity index (χ0) is 11.4. The Morgan fingerprint density at radius 3 is 3.25 bits per heavy atom. The molecule has 1 aromatic heterocycles. The van der Waals surface area contributed by atoms with E-state index in [9.17, 15) is 4.79 Å². The first-order chi connectivity index (χ1) is 7.77. The zero-order valence-electron chi connectivity index (χ0n) is 9.61. The fourth-order valence-corrected chi connectivity index (χ4v) is 1.97. The number of carbonyl (C=O) groups is 1. The van der Waals surface area contributed by atoms with Gasteiger partial charge in [0.2, 0.25) is 5.91 Å². The van der Waals surface area contributed by atoms with Gasteiger partial charge in [0.25, 0.3) is 0 Å². The molecule has 4 heteroatoms. The van der Waals surface area contributed by atoms with Crippen LogP contribution in [0.25, 0.3) is 0 Å². The van der Waals surface area contributed by atoms with E-state index in [0.717, 1.165) is 31.8 Å². The number of nitrogens with zero attached hydrogens (tertiary/aromatic N) is 1. The smallest absolute Gasteiger partial charge is 0.227 e. The van der Waals surface area contributed by atoms with Crippen molar-refractivity contribution in [2.75, 3.05) is 19.6 Å². The Bertz CT molecular complexity index is 335. The molecular weight excluding hydrogens is 204 g/mol. The average Bonchev–Trinajstić information content (AvgIpc) is 2.77. The van der Waals surface area contributed by atoms with E-state index in [0.29, 0.717) is 6.54 Å². The molecule has 1 N–H and O–H groups in total. The number of amides is 1. The van der Waals surface area contributed by atoms with Crippen molar-refractivity contribution in [1.29, 1.82) is 0 Å². The van der Waals surface area contributed by atoms with Crippen molar-refractivity contribution in [2.24, 2.45) is 5.92 Å². The van der Waals surface area contributed by atoms with Crippen LogP contribution in [0.4, 0.5) is 0 Å². The molecular formula is C12H18N2O2. The van der Waals surface area contributed by atoms with Crippen LogP contribution in [-0.2, 0) is 11.3 Å². The molecule has 1 aliphatic heterocycles. The second-order valence-corrected chi connectivity index (χ2v) is 4.30. The molecule has 0 aromatic carbocycles. The van der Waals surface area contributed by atoms with Gasteiger partial charge in [-0.05, 0) is 25.1 Å². The van der Waals surface area contributed by atoms with Crippen LogP contribution in [0.3, 0.4) is 0 Å².